The predicted octanol–water partition coefficient (Wildman–Crippen LogP) is 12.4. The van der Waals surface area contributed by atoms with Crippen molar-refractivity contribution >= 4 is 27.2 Å². The molecule has 7 aromatic carbocycles. The van der Waals surface area contributed by atoms with Crippen LogP contribution in [-0.4, -0.2) is 19.6 Å². The van der Waals surface area contributed by atoms with Gasteiger partial charge in [-0.25, -0.2) is 14.5 Å². The molecule has 4 heteroatoms. The summed E-state index contributed by atoms with van der Waals surface area (Å²) in [4.78, 5) is 10.2. The van der Waals surface area contributed by atoms with E-state index in [1.165, 1.54) is 10.9 Å². The molecule has 3 heterocycles. The maximum absolute atomic E-state index is 5.21. The third-order valence-electron chi connectivity index (χ3n) is 10.1. The Morgan fingerprint density at radius 2 is 0.868 bits per heavy atom. The van der Waals surface area contributed by atoms with Gasteiger partial charge in [-0.15, -0.1) is 0 Å². The van der Waals surface area contributed by atoms with Gasteiger partial charge < -0.3 is 0 Å². The second kappa shape index (κ2) is 12.9. The maximum atomic E-state index is 5.21. The first-order valence-electron chi connectivity index (χ1n) is 17.9. The first kappa shape index (κ1) is 30.6. The molecule has 0 saturated heterocycles. The fourth-order valence-electron chi connectivity index (χ4n) is 7.56. The molecule has 53 heavy (non-hydrogen) atoms. The summed E-state index contributed by atoms with van der Waals surface area (Å²) in [5, 5.41) is 8.43. The Bertz CT molecular complexity index is 2900. The Morgan fingerprint density at radius 3 is 1.57 bits per heavy atom. The number of pyridine rings is 1. The summed E-state index contributed by atoms with van der Waals surface area (Å²) < 4.78 is 2.14. The number of para-hydroxylation sites is 1. The Hall–Kier alpha value is -7.17. The molecule has 0 N–H and O–H groups in total. The van der Waals surface area contributed by atoms with Crippen LogP contribution in [0.3, 0.4) is 0 Å². The molecule has 0 aliphatic carbocycles. The van der Waals surface area contributed by atoms with E-state index >= 15 is 0 Å². The van der Waals surface area contributed by atoms with Crippen molar-refractivity contribution in [3.05, 3.63) is 194 Å². The SMILES string of the molecule is c1ccc(-c2ccc(-c3nc(-c4ccc(-c5c(-c6ccccc6)n6ncc(-c7ccccc7)c6c6ccccc56)cc4)c4ccccc4n3)cc2)cc1. The van der Waals surface area contributed by atoms with E-state index in [2.05, 4.69) is 180 Å². The van der Waals surface area contributed by atoms with Crippen LogP contribution < -0.4 is 0 Å². The van der Waals surface area contributed by atoms with Gasteiger partial charge in [-0.2, -0.15) is 5.10 Å². The van der Waals surface area contributed by atoms with E-state index in [0.717, 1.165) is 77.7 Å². The zero-order valence-electron chi connectivity index (χ0n) is 28.8. The minimum atomic E-state index is 0.707. The first-order valence-corrected chi connectivity index (χ1v) is 17.9. The molecule has 248 valence electrons. The number of fused-ring (bicyclic) bond motifs is 4. The van der Waals surface area contributed by atoms with Gasteiger partial charge in [0.2, 0.25) is 0 Å². The summed E-state index contributed by atoms with van der Waals surface area (Å²) in [5.41, 5.74) is 14.0. The van der Waals surface area contributed by atoms with E-state index in [1.54, 1.807) is 0 Å². The number of hydrogen-bond donors (Lipinski definition) is 0. The minimum Gasteiger partial charge on any atom is -0.231 e. The third-order valence-corrected chi connectivity index (χ3v) is 10.1. The molecule has 0 aliphatic heterocycles. The van der Waals surface area contributed by atoms with E-state index in [9.17, 15) is 0 Å². The van der Waals surface area contributed by atoms with E-state index in [-0.39, 0.29) is 0 Å². The zero-order valence-corrected chi connectivity index (χ0v) is 28.8. The molecule has 0 atom stereocenters. The summed E-state index contributed by atoms with van der Waals surface area (Å²) in [6.45, 7) is 0. The highest BCUT2D eigenvalue weighted by Gasteiger charge is 2.22. The van der Waals surface area contributed by atoms with Crippen LogP contribution in [0.1, 0.15) is 0 Å². The second-order valence-electron chi connectivity index (χ2n) is 13.3. The van der Waals surface area contributed by atoms with Crippen molar-refractivity contribution in [2.75, 3.05) is 0 Å². The molecular formula is C49H32N4. The van der Waals surface area contributed by atoms with Crippen molar-refractivity contribution in [2.24, 2.45) is 0 Å². The van der Waals surface area contributed by atoms with Crippen molar-refractivity contribution in [1.29, 1.82) is 0 Å². The van der Waals surface area contributed by atoms with Gasteiger partial charge >= 0.3 is 0 Å². The van der Waals surface area contributed by atoms with Gasteiger partial charge in [0.05, 0.1) is 28.6 Å². The summed E-state index contributed by atoms with van der Waals surface area (Å²) in [6.07, 6.45) is 2.00. The molecule has 0 aliphatic rings. The van der Waals surface area contributed by atoms with E-state index in [4.69, 9.17) is 15.1 Å². The van der Waals surface area contributed by atoms with Crippen LogP contribution in [-0.2, 0) is 0 Å². The number of benzene rings is 7. The molecule has 0 fully saturated rings. The van der Waals surface area contributed by atoms with Gasteiger partial charge in [0.1, 0.15) is 0 Å². The summed E-state index contributed by atoms with van der Waals surface area (Å²) in [7, 11) is 0. The number of nitrogens with zero attached hydrogens (tertiary/aromatic N) is 4. The normalized spacial score (nSPS) is 11.4. The van der Waals surface area contributed by atoms with Crippen LogP contribution in [0.25, 0.3) is 94.5 Å². The van der Waals surface area contributed by atoms with Gasteiger partial charge in [-0.3, -0.25) is 0 Å². The Morgan fingerprint density at radius 1 is 0.358 bits per heavy atom. The lowest BCUT2D eigenvalue weighted by Crippen LogP contribution is -2.00. The van der Waals surface area contributed by atoms with Gasteiger partial charge in [-0.1, -0.05) is 182 Å². The molecule has 0 unspecified atom stereocenters. The van der Waals surface area contributed by atoms with Crippen LogP contribution in [0, 0.1) is 0 Å². The highest BCUT2D eigenvalue weighted by atomic mass is 15.2. The van der Waals surface area contributed by atoms with Gasteiger partial charge in [0, 0.05) is 38.6 Å². The Balaban J connectivity index is 1.13. The van der Waals surface area contributed by atoms with Crippen molar-refractivity contribution in [3.63, 3.8) is 0 Å². The highest BCUT2D eigenvalue weighted by Crippen LogP contribution is 2.43. The van der Waals surface area contributed by atoms with Gasteiger partial charge in [0.15, 0.2) is 5.82 Å². The topological polar surface area (TPSA) is 43.1 Å². The van der Waals surface area contributed by atoms with Crippen molar-refractivity contribution in [1.82, 2.24) is 19.6 Å². The predicted molar refractivity (Wildman–Crippen MR) is 218 cm³/mol. The lowest BCUT2D eigenvalue weighted by Gasteiger charge is -2.18. The van der Waals surface area contributed by atoms with Crippen LogP contribution in [0.5, 0.6) is 0 Å². The zero-order chi connectivity index (χ0) is 35.1. The van der Waals surface area contributed by atoms with Gasteiger partial charge in [0.25, 0.3) is 0 Å². The smallest absolute Gasteiger partial charge is 0.160 e. The first-order chi connectivity index (χ1) is 26.3. The molecule has 3 aromatic heterocycles. The van der Waals surface area contributed by atoms with Crippen LogP contribution in [0.15, 0.2) is 194 Å². The lowest BCUT2D eigenvalue weighted by molar-refractivity contribution is 0.976. The highest BCUT2D eigenvalue weighted by molar-refractivity contribution is 6.13. The van der Waals surface area contributed by atoms with E-state index in [0.29, 0.717) is 5.82 Å². The molecular weight excluding hydrogens is 645 g/mol. The van der Waals surface area contributed by atoms with Crippen LogP contribution >= 0.6 is 0 Å². The summed E-state index contributed by atoms with van der Waals surface area (Å²) in [6, 6.07) is 65.9. The number of aromatic nitrogens is 4. The Kier molecular flexibility index (Phi) is 7.43. The monoisotopic (exact) mass is 676 g/mol. The largest absolute Gasteiger partial charge is 0.231 e. The number of rotatable bonds is 6. The van der Waals surface area contributed by atoms with Crippen molar-refractivity contribution in [2.45, 2.75) is 0 Å². The lowest BCUT2D eigenvalue weighted by atomic mass is 9.91. The minimum absolute atomic E-state index is 0.707. The maximum Gasteiger partial charge on any atom is 0.160 e. The summed E-state index contributed by atoms with van der Waals surface area (Å²) >= 11 is 0. The van der Waals surface area contributed by atoms with Crippen LogP contribution in [0.2, 0.25) is 0 Å². The molecule has 0 saturated carbocycles. The molecule has 10 aromatic rings. The van der Waals surface area contributed by atoms with Gasteiger partial charge in [-0.05, 0) is 33.7 Å². The third kappa shape index (κ3) is 5.36. The average molecular weight is 677 g/mol. The fraction of sp³-hybridized carbons (Fsp3) is 0. The quantitative estimate of drug-likeness (QED) is 0.176. The molecule has 0 radical (unpaired) electrons. The fourth-order valence-corrected chi connectivity index (χ4v) is 7.56. The molecule has 0 spiro atoms. The standard InChI is InChI=1S/C49H32N4/c1-4-14-33(15-5-1)34-24-30-39(31-25-34)49-51-44-23-13-12-22-42(44)46(52-49)37-28-26-36(27-29-37)45-40-20-10-11-21-41(40)48-43(35-16-6-2-7-17-35)32-50-53(48)47(45)38-18-8-3-9-19-38/h1-32H. The molecule has 4 nitrogen and oxygen atoms in total. The van der Waals surface area contributed by atoms with Crippen molar-refractivity contribution in [3.8, 4) is 67.3 Å². The van der Waals surface area contributed by atoms with E-state index < -0.39 is 0 Å². The van der Waals surface area contributed by atoms with E-state index in [1.807, 2.05) is 18.3 Å². The second-order valence-corrected chi connectivity index (χ2v) is 13.3. The average Bonchev–Trinajstić information content (AvgIpc) is 3.69. The summed E-state index contributed by atoms with van der Waals surface area (Å²) in [5.74, 6) is 0.707. The molecule has 0 bridgehead atoms. The Labute approximate surface area is 307 Å². The van der Waals surface area contributed by atoms with Crippen molar-refractivity contribution < 1.29 is 0 Å². The molecule has 0 amide bonds. The molecule has 10 rings (SSSR count). The number of hydrogen-bond acceptors (Lipinski definition) is 3. The van der Waals surface area contributed by atoms with Crippen LogP contribution in [0.4, 0.5) is 0 Å².